The SMILES string of the molecule is COc1ccc([N+](=O)[O-])cc1Oc1cc(F)cc(CO)c1. The van der Waals surface area contributed by atoms with Gasteiger partial charge in [0.05, 0.1) is 24.7 Å². The van der Waals surface area contributed by atoms with Crippen LogP contribution >= 0.6 is 0 Å². The summed E-state index contributed by atoms with van der Waals surface area (Å²) in [5, 5.41) is 19.8. The van der Waals surface area contributed by atoms with Gasteiger partial charge in [-0.15, -0.1) is 0 Å². The predicted molar refractivity (Wildman–Crippen MR) is 72.0 cm³/mol. The molecule has 0 fully saturated rings. The molecule has 6 nitrogen and oxygen atoms in total. The highest BCUT2D eigenvalue weighted by Gasteiger charge is 2.14. The number of hydrogen-bond donors (Lipinski definition) is 1. The van der Waals surface area contributed by atoms with E-state index < -0.39 is 10.7 Å². The first-order chi connectivity index (χ1) is 10.0. The van der Waals surface area contributed by atoms with E-state index in [1.807, 2.05) is 0 Å². The smallest absolute Gasteiger partial charge is 0.273 e. The van der Waals surface area contributed by atoms with Gasteiger partial charge in [-0.05, 0) is 23.8 Å². The zero-order chi connectivity index (χ0) is 15.4. The lowest BCUT2D eigenvalue weighted by atomic mass is 10.2. The number of nitro benzene ring substituents is 1. The largest absolute Gasteiger partial charge is 0.493 e. The number of nitrogens with zero attached hydrogens (tertiary/aromatic N) is 1. The van der Waals surface area contributed by atoms with Crippen LogP contribution in [0.15, 0.2) is 36.4 Å². The molecule has 0 heterocycles. The van der Waals surface area contributed by atoms with Crippen molar-refractivity contribution in [3.8, 4) is 17.2 Å². The van der Waals surface area contributed by atoms with Crippen LogP contribution in [-0.4, -0.2) is 17.1 Å². The van der Waals surface area contributed by atoms with Gasteiger partial charge in [0.1, 0.15) is 11.6 Å². The summed E-state index contributed by atoms with van der Waals surface area (Å²) in [5.74, 6) is -0.115. The summed E-state index contributed by atoms with van der Waals surface area (Å²) in [6.45, 7) is -0.347. The lowest BCUT2D eigenvalue weighted by molar-refractivity contribution is -0.384. The Morgan fingerprint density at radius 3 is 2.62 bits per heavy atom. The molecule has 0 bridgehead atoms. The van der Waals surface area contributed by atoms with Crippen LogP contribution in [0.25, 0.3) is 0 Å². The molecule has 0 saturated carbocycles. The first-order valence-corrected chi connectivity index (χ1v) is 5.94. The molecule has 2 aromatic carbocycles. The molecule has 0 aliphatic heterocycles. The van der Waals surface area contributed by atoms with Crippen molar-refractivity contribution >= 4 is 5.69 Å². The van der Waals surface area contributed by atoms with Crippen LogP contribution in [-0.2, 0) is 6.61 Å². The molecule has 1 N–H and O–H groups in total. The van der Waals surface area contributed by atoms with Crippen LogP contribution in [0.1, 0.15) is 5.56 Å². The number of nitro groups is 1. The second-order valence-corrected chi connectivity index (χ2v) is 4.15. The number of benzene rings is 2. The van der Waals surface area contributed by atoms with Crippen LogP contribution in [0.2, 0.25) is 0 Å². The number of methoxy groups -OCH3 is 1. The van der Waals surface area contributed by atoms with E-state index in [2.05, 4.69) is 0 Å². The Morgan fingerprint density at radius 2 is 2.00 bits per heavy atom. The van der Waals surface area contributed by atoms with Gasteiger partial charge in [-0.3, -0.25) is 10.1 Å². The van der Waals surface area contributed by atoms with Gasteiger partial charge < -0.3 is 14.6 Å². The molecule has 2 rings (SSSR count). The predicted octanol–water partition coefficient (Wildman–Crippen LogP) is 3.03. The van der Waals surface area contributed by atoms with Crippen molar-refractivity contribution < 1.29 is 23.9 Å². The summed E-state index contributed by atoms with van der Waals surface area (Å²) in [6, 6.07) is 7.55. The summed E-state index contributed by atoms with van der Waals surface area (Å²) in [4.78, 5) is 10.2. The fourth-order valence-corrected chi connectivity index (χ4v) is 1.76. The monoisotopic (exact) mass is 293 g/mol. The lowest BCUT2D eigenvalue weighted by Crippen LogP contribution is -1.95. The zero-order valence-corrected chi connectivity index (χ0v) is 11.1. The molecule has 2 aromatic rings. The van der Waals surface area contributed by atoms with Gasteiger partial charge in [-0.1, -0.05) is 0 Å². The van der Waals surface area contributed by atoms with Crippen molar-refractivity contribution in [2.24, 2.45) is 0 Å². The standard InChI is InChI=1S/C14H12FNO5/c1-20-13-3-2-11(16(18)19)7-14(13)21-12-5-9(8-17)4-10(15)6-12/h2-7,17H,8H2,1H3. The highest BCUT2D eigenvalue weighted by Crippen LogP contribution is 2.35. The van der Waals surface area contributed by atoms with Crippen molar-refractivity contribution in [1.29, 1.82) is 0 Å². The number of rotatable bonds is 5. The third-order valence-corrected chi connectivity index (χ3v) is 2.70. The molecule has 0 amide bonds. The highest BCUT2D eigenvalue weighted by molar-refractivity contribution is 5.50. The maximum Gasteiger partial charge on any atom is 0.273 e. The summed E-state index contributed by atoms with van der Waals surface area (Å²) in [7, 11) is 1.39. The molecule has 0 spiro atoms. The minimum atomic E-state index is -0.582. The molecule has 0 aliphatic carbocycles. The van der Waals surface area contributed by atoms with Crippen LogP contribution in [0.3, 0.4) is 0 Å². The Labute approximate surface area is 119 Å². The van der Waals surface area contributed by atoms with Crippen LogP contribution < -0.4 is 9.47 Å². The van der Waals surface area contributed by atoms with Gasteiger partial charge in [0, 0.05) is 12.1 Å². The molecule has 0 aromatic heterocycles. The van der Waals surface area contributed by atoms with Crippen molar-refractivity contribution in [3.63, 3.8) is 0 Å². The Kier molecular flexibility index (Phi) is 4.34. The summed E-state index contributed by atoms with van der Waals surface area (Å²) in [6.07, 6.45) is 0. The average Bonchev–Trinajstić information content (AvgIpc) is 2.46. The molecule has 21 heavy (non-hydrogen) atoms. The van der Waals surface area contributed by atoms with Crippen molar-refractivity contribution in [3.05, 3.63) is 57.9 Å². The Bertz CT molecular complexity index is 674. The Hall–Kier alpha value is -2.67. The topological polar surface area (TPSA) is 81.8 Å². The molecular formula is C14H12FNO5. The Balaban J connectivity index is 2.40. The van der Waals surface area contributed by atoms with Crippen LogP contribution in [0, 0.1) is 15.9 Å². The average molecular weight is 293 g/mol. The highest BCUT2D eigenvalue weighted by atomic mass is 19.1. The van der Waals surface area contributed by atoms with Gasteiger partial charge in [-0.2, -0.15) is 0 Å². The van der Waals surface area contributed by atoms with Gasteiger partial charge in [0.25, 0.3) is 5.69 Å². The first kappa shape index (κ1) is 14.7. The third kappa shape index (κ3) is 3.46. The van der Waals surface area contributed by atoms with E-state index in [0.29, 0.717) is 5.56 Å². The van der Waals surface area contributed by atoms with Crippen molar-refractivity contribution in [1.82, 2.24) is 0 Å². The zero-order valence-electron chi connectivity index (χ0n) is 11.1. The van der Waals surface area contributed by atoms with E-state index in [9.17, 15) is 14.5 Å². The van der Waals surface area contributed by atoms with Crippen LogP contribution in [0.4, 0.5) is 10.1 Å². The number of hydrogen-bond acceptors (Lipinski definition) is 5. The summed E-state index contributed by atoms with van der Waals surface area (Å²) >= 11 is 0. The molecule has 0 aliphatic rings. The lowest BCUT2D eigenvalue weighted by Gasteiger charge is -2.11. The number of non-ortho nitro benzene ring substituents is 1. The van der Waals surface area contributed by atoms with Gasteiger partial charge in [0.15, 0.2) is 11.5 Å². The van der Waals surface area contributed by atoms with Gasteiger partial charge in [0.2, 0.25) is 0 Å². The molecule has 0 unspecified atom stereocenters. The van der Waals surface area contributed by atoms with E-state index in [0.717, 1.165) is 12.1 Å². The molecule has 0 saturated heterocycles. The van der Waals surface area contributed by atoms with Gasteiger partial charge in [-0.25, -0.2) is 4.39 Å². The van der Waals surface area contributed by atoms with Crippen molar-refractivity contribution in [2.45, 2.75) is 6.61 Å². The number of aliphatic hydroxyl groups is 1. The first-order valence-electron chi connectivity index (χ1n) is 5.94. The summed E-state index contributed by atoms with van der Waals surface area (Å²) < 4.78 is 23.9. The number of ether oxygens (including phenoxy) is 2. The quantitative estimate of drug-likeness (QED) is 0.677. The fraction of sp³-hybridized carbons (Fsp3) is 0.143. The van der Waals surface area contributed by atoms with E-state index in [1.54, 1.807) is 0 Å². The maximum absolute atomic E-state index is 13.4. The second-order valence-electron chi connectivity index (χ2n) is 4.15. The van der Waals surface area contributed by atoms with E-state index in [1.165, 1.54) is 31.4 Å². The molecule has 7 heteroatoms. The second kappa shape index (κ2) is 6.19. The molecule has 0 radical (unpaired) electrons. The van der Waals surface area contributed by atoms with Crippen LogP contribution in [0.5, 0.6) is 17.2 Å². The number of aliphatic hydroxyl groups excluding tert-OH is 1. The minimum absolute atomic E-state index is 0.0844. The van der Waals surface area contributed by atoms with E-state index in [-0.39, 0.29) is 29.5 Å². The Morgan fingerprint density at radius 1 is 1.24 bits per heavy atom. The van der Waals surface area contributed by atoms with Gasteiger partial charge >= 0.3 is 0 Å². The minimum Gasteiger partial charge on any atom is -0.493 e. The molecule has 0 atom stereocenters. The van der Waals surface area contributed by atoms with Crippen molar-refractivity contribution in [2.75, 3.05) is 7.11 Å². The summed E-state index contributed by atoms with van der Waals surface area (Å²) in [5.41, 5.74) is 0.152. The third-order valence-electron chi connectivity index (χ3n) is 2.70. The van der Waals surface area contributed by atoms with E-state index >= 15 is 0 Å². The fourth-order valence-electron chi connectivity index (χ4n) is 1.76. The number of halogens is 1. The molecule has 110 valence electrons. The normalized spacial score (nSPS) is 10.2. The maximum atomic E-state index is 13.4. The molecular weight excluding hydrogens is 281 g/mol. The van der Waals surface area contributed by atoms with E-state index in [4.69, 9.17) is 14.6 Å².